The quantitative estimate of drug-likeness (QED) is 0.892. The largest absolute Gasteiger partial charge is 0.313 e. The molecular weight excluding hydrogens is 304 g/mol. The number of hydrogen-bond acceptors (Lipinski definition) is 4. The maximum absolute atomic E-state index is 12.2. The first kappa shape index (κ1) is 16.9. The number of thiophene rings is 1. The zero-order valence-corrected chi connectivity index (χ0v) is 13.6. The number of nitrogens with one attached hydrogen (secondary N) is 2. The van der Waals surface area contributed by atoms with Gasteiger partial charge in [0.1, 0.15) is 4.21 Å². The standard InChI is InChI=1S/C12H20N2O2S2.ClH/c1-3-10-6-7-12(17-10)18(15,16)14-11-5-4-8-13-9(11)2;/h6-7,9,11,13-14H,3-5,8H2,1-2H3;1H. The van der Waals surface area contributed by atoms with Crippen molar-refractivity contribution in [3.63, 3.8) is 0 Å². The van der Waals surface area contributed by atoms with Gasteiger partial charge in [0.25, 0.3) is 0 Å². The second kappa shape index (κ2) is 7.04. The maximum Gasteiger partial charge on any atom is 0.250 e. The predicted octanol–water partition coefficient (Wildman–Crippen LogP) is 2.15. The van der Waals surface area contributed by atoms with Crippen molar-refractivity contribution < 1.29 is 8.42 Å². The molecule has 1 fully saturated rings. The highest BCUT2D eigenvalue weighted by Gasteiger charge is 2.27. The molecule has 7 heteroatoms. The summed E-state index contributed by atoms with van der Waals surface area (Å²) in [5.41, 5.74) is 0. The molecule has 0 aliphatic carbocycles. The van der Waals surface area contributed by atoms with E-state index < -0.39 is 10.0 Å². The maximum atomic E-state index is 12.2. The van der Waals surface area contributed by atoms with Crippen LogP contribution in [-0.2, 0) is 16.4 Å². The molecule has 2 rings (SSSR count). The minimum Gasteiger partial charge on any atom is -0.313 e. The van der Waals surface area contributed by atoms with Crippen LogP contribution in [0.25, 0.3) is 0 Å². The summed E-state index contributed by atoms with van der Waals surface area (Å²) in [5, 5.41) is 3.30. The van der Waals surface area contributed by atoms with E-state index in [0.29, 0.717) is 4.21 Å². The highest BCUT2D eigenvalue weighted by Crippen LogP contribution is 2.23. The van der Waals surface area contributed by atoms with Crippen molar-refractivity contribution in [2.24, 2.45) is 0 Å². The third kappa shape index (κ3) is 4.16. The summed E-state index contributed by atoms with van der Waals surface area (Å²) >= 11 is 1.36. The second-order valence-electron chi connectivity index (χ2n) is 4.69. The van der Waals surface area contributed by atoms with E-state index in [4.69, 9.17) is 0 Å². The molecule has 4 nitrogen and oxygen atoms in total. The van der Waals surface area contributed by atoms with Crippen LogP contribution in [0.1, 0.15) is 31.6 Å². The van der Waals surface area contributed by atoms with E-state index in [-0.39, 0.29) is 24.5 Å². The van der Waals surface area contributed by atoms with Gasteiger partial charge in [-0.25, -0.2) is 13.1 Å². The van der Waals surface area contributed by atoms with Crippen molar-refractivity contribution in [2.75, 3.05) is 6.54 Å². The van der Waals surface area contributed by atoms with E-state index in [0.717, 1.165) is 30.7 Å². The first-order chi connectivity index (χ1) is 8.53. The van der Waals surface area contributed by atoms with Crippen LogP contribution in [0.5, 0.6) is 0 Å². The molecular formula is C12H21ClN2O2S2. The van der Waals surface area contributed by atoms with Crippen LogP contribution in [0, 0.1) is 0 Å². The lowest BCUT2D eigenvalue weighted by Crippen LogP contribution is -2.51. The Balaban J connectivity index is 0.00000180. The summed E-state index contributed by atoms with van der Waals surface area (Å²) in [6.45, 7) is 5.03. The Bertz CT molecular complexity index is 502. The minimum atomic E-state index is -3.35. The third-order valence-corrected chi connectivity index (χ3v) is 6.53. The summed E-state index contributed by atoms with van der Waals surface area (Å²) < 4.78 is 27.7. The Labute approximate surface area is 125 Å². The lowest BCUT2D eigenvalue weighted by atomic mass is 10.0. The van der Waals surface area contributed by atoms with Crippen molar-refractivity contribution in [3.05, 3.63) is 17.0 Å². The Morgan fingerprint density at radius 3 is 2.79 bits per heavy atom. The molecule has 1 aliphatic rings. The summed E-state index contributed by atoms with van der Waals surface area (Å²) in [7, 11) is -3.35. The number of halogens is 1. The van der Waals surface area contributed by atoms with Gasteiger partial charge in [-0.3, -0.25) is 0 Å². The van der Waals surface area contributed by atoms with Crippen LogP contribution in [0.4, 0.5) is 0 Å². The molecule has 0 aromatic carbocycles. The average molecular weight is 325 g/mol. The molecule has 0 radical (unpaired) electrons. The first-order valence-electron chi connectivity index (χ1n) is 6.37. The van der Waals surface area contributed by atoms with Crippen LogP contribution in [0.15, 0.2) is 16.3 Å². The molecule has 1 saturated heterocycles. The molecule has 2 unspecified atom stereocenters. The SMILES string of the molecule is CCc1ccc(S(=O)(=O)NC2CCCNC2C)s1.Cl. The van der Waals surface area contributed by atoms with Crippen molar-refractivity contribution in [3.8, 4) is 0 Å². The van der Waals surface area contributed by atoms with Crippen LogP contribution in [0.2, 0.25) is 0 Å². The van der Waals surface area contributed by atoms with Crippen LogP contribution in [0.3, 0.4) is 0 Å². The van der Waals surface area contributed by atoms with Crippen molar-refractivity contribution in [1.29, 1.82) is 0 Å². The fraction of sp³-hybridized carbons (Fsp3) is 0.667. The van der Waals surface area contributed by atoms with E-state index in [9.17, 15) is 8.42 Å². The lowest BCUT2D eigenvalue weighted by molar-refractivity contribution is 0.349. The van der Waals surface area contributed by atoms with E-state index >= 15 is 0 Å². The molecule has 2 N–H and O–H groups in total. The van der Waals surface area contributed by atoms with Crippen LogP contribution < -0.4 is 10.0 Å². The van der Waals surface area contributed by atoms with Gasteiger partial charge in [0, 0.05) is 17.0 Å². The normalized spacial score (nSPS) is 23.9. The average Bonchev–Trinajstić information content (AvgIpc) is 2.81. The van der Waals surface area contributed by atoms with Gasteiger partial charge in [-0.15, -0.1) is 23.7 Å². The second-order valence-corrected chi connectivity index (χ2v) is 7.80. The lowest BCUT2D eigenvalue weighted by Gasteiger charge is -2.30. The molecule has 1 aromatic heterocycles. The number of piperidine rings is 1. The first-order valence-corrected chi connectivity index (χ1v) is 8.67. The molecule has 0 bridgehead atoms. The summed E-state index contributed by atoms with van der Waals surface area (Å²) in [5.74, 6) is 0. The minimum absolute atomic E-state index is 0. The summed E-state index contributed by atoms with van der Waals surface area (Å²) in [6.07, 6.45) is 2.79. The molecule has 0 spiro atoms. The van der Waals surface area contributed by atoms with Gasteiger partial charge in [0.15, 0.2) is 0 Å². The predicted molar refractivity (Wildman–Crippen MR) is 81.8 cm³/mol. The fourth-order valence-electron chi connectivity index (χ4n) is 2.16. The van der Waals surface area contributed by atoms with E-state index in [1.54, 1.807) is 6.07 Å². The van der Waals surface area contributed by atoms with E-state index in [1.165, 1.54) is 11.3 Å². The number of hydrogen-bond donors (Lipinski definition) is 2. The zero-order valence-electron chi connectivity index (χ0n) is 11.2. The molecule has 0 saturated carbocycles. The molecule has 0 amide bonds. The Kier molecular flexibility index (Phi) is 6.26. The van der Waals surface area contributed by atoms with E-state index in [2.05, 4.69) is 10.0 Å². The van der Waals surface area contributed by atoms with Crippen molar-refractivity contribution in [1.82, 2.24) is 10.0 Å². The van der Waals surface area contributed by atoms with Gasteiger partial charge in [0.05, 0.1) is 0 Å². The van der Waals surface area contributed by atoms with Crippen LogP contribution >= 0.6 is 23.7 Å². The van der Waals surface area contributed by atoms with Gasteiger partial charge in [-0.2, -0.15) is 0 Å². The Hall–Kier alpha value is -0.140. The Morgan fingerprint density at radius 1 is 1.47 bits per heavy atom. The van der Waals surface area contributed by atoms with Gasteiger partial charge in [-0.1, -0.05) is 6.92 Å². The number of sulfonamides is 1. The van der Waals surface area contributed by atoms with Crippen molar-refractivity contribution >= 4 is 33.8 Å². The summed E-state index contributed by atoms with van der Waals surface area (Å²) in [6, 6.07) is 3.78. The van der Waals surface area contributed by atoms with Crippen molar-refractivity contribution in [2.45, 2.75) is 49.4 Å². The number of rotatable bonds is 4. The molecule has 2 heterocycles. The van der Waals surface area contributed by atoms with Gasteiger partial charge in [-0.05, 0) is 44.9 Å². The summed E-state index contributed by atoms with van der Waals surface area (Å²) in [4.78, 5) is 1.10. The van der Waals surface area contributed by atoms with E-state index in [1.807, 2.05) is 19.9 Å². The van der Waals surface area contributed by atoms with Crippen LogP contribution in [-0.4, -0.2) is 27.0 Å². The van der Waals surface area contributed by atoms with Gasteiger partial charge < -0.3 is 5.32 Å². The highest BCUT2D eigenvalue weighted by molar-refractivity contribution is 7.91. The molecule has 1 aliphatic heterocycles. The molecule has 1 aromatic rings. The third-order valence-electron chi connectivity index (χ3n) is 3.32. The molecule has 19 heavy (non-hydrogen) atoms. The smallest absolute Gasteiger partial charge is 0.250 e. The fourth-order valence-corrected chi connectivity index (χ4v) is 4.82. The highest BCUT2D eigenvalue weighted by atomic mass is 35.5. The monoisotopic (exact) mass is 324 g/mol. The Morgan fingerprint density at radius 2 is 2.21 bits per heavy atom. The van der Waals surface area contributed by atoms with Gasteiger partial charge in [0.2, 0.25) is 10.0 Å². The topological polar surface area (TPSA) is 58.2 Å². The number of aryl methyl sites for hydroxylation is 1. The van der Waals surface area contributed by atoms with Gasteiger partial charge >= 0.3 is 0 Å². The molecule has 2 atom stereocenters. The zero-order chi connectivity index (χ0) is 13.2. The molecule has 110 valence electrons.